The lowest BCUT2D eigenvalue weighted by Crippen LogP contribution is -2.32. The SMILES string of the molecule is COc1cc(OC)cc(-c2nc3n(n2)C(c2ccccc2Cl)C(C(N)=O)=C(C)N3)c1. The van der Waals surface area contributed by atoms with E-state index >= 15 is 0 Å². The Bertz CT molecular complexity index is 1150. The van der Waals surface area contributed by atoms with E-state index in [2.05, 4.69) is 15.4 Å². The highest BCUT2D eigenvalue weighted by Crippen LogP contribution is 2.39. The molecule has 1 aliphatic heterocycles. The molecule has 0 saturated carbocycles. The molecule has 0 radical (unpaired) electrons. The fourth-order valence-electron chi connectivity index (χ4n) is 3.51. The molecule has 1 amide bonds. The van der Waals surface area contributed by atoms with Crippen LogP contribution in [0.3, 0.4) is 0 Å². The standard InChI is InChI=1S/C21H20ClN5O3/c1-11-17(19(23)28)18(15-6-4-5-7-16(15)22)27-21(24-11)25-20(26-27)12-8-13(29-2)10-14(9-12)30-3/h4-10,18H,1-3H3,(H2,23,28)(H,24,25,26). The van der Waals surface area contributed by atoms with Crippen LogP contribution in [0.15, 0.2) is 53.7 Å². The van der Waals surface area contributed by atoms with E-state index in [-0.39, 0.29) is 0 Å². The van der Waals surface area contributed by atoms with Crippen LogP contribution in [0.2, 0.25) is 5.02 Å². The molecule has 4 rings (SSSR count). The Morgan fingerprint density at radius 1 is 1.17 bits per heavy atom. The lowest BCUT2D eigenvalue weighted by molar-refractivity contribution is -0.115. The number of hydrogen-bond acceptors (Lipinski definition) is 6. The number of primary amides is 1. The van der Waals surface area contributed by atoms with E-state index in [0.29, 0.717) is 50.7 Å². The molecule has 1 aromatic heterocycles. The molecule has 2 aromatic carbocycles. The van der Waals surface area contributed by atoms with Gasteiger partial charge in [0.2, 0.25) is 11.9 Å². The Morgan fingerprint density at radius 2 is 1.83 bits per heavy atom. The third-order valence-electron chi connectivity index (χ3n) is 4.93. The minimum atomic E-state index is -0.610. The van der Waals surface area contributed by atoms with Crippen molar-refractivity contribution in [2.45, 2.75) is 13.0 Å². The van der Waals surface area contributed by atoms with Crippen molar-refractivity contribution in [3.63, 3.8) is 0 Å². The van der Waals surface area contributed by atoms with Gasteiger partial charge < -0.3 is 20.5 Å². The summed E-state index contributed by atoms with van der Waals surface area (Å²) in [4.78, 5) is 16.9. The summed E-state index contributed by atoms with van der Waals surface area (Å²) in [6, 6.07) is 12.0. The van der Waals surface area contributed by atoms with Gasteiger partial charge in [-0.25, -0.2) is 4.68 Å². The summed E-state index contributed by atoms with van der Waals surface area (Å²) in [6.07, 6.45) is 0. The van der Waals surface area contributed by atoms with Gasteiger partial charge in [-0.05, 0) is 25.1 Å². The predicted octanol–water partition coefficient (Wildman–Crippen LogP) is 3.39. The highest BCUT2D eigenvalue weighted by Gasteiger charge is 2.34. The Hall–Kier alpha value is -3.52. The van der Waals surface area contributed by atoms with Crippen molar-refractivity contribution in [3.8, 4) is 22.9 Å². The number of nitrogens with zero attached hydrogens (tertiary/aromatic N) is 3. The van der Waals surface area contributed by atoms with Gasteiger partial charge in [-0.2, -0.15) is 4.98 Å². The molecule has 8 nitrogen and oxygen atoms in total. The number of carbonyl (C=O) groups excluding carboxylic acids is 1. The topological polar surface area (TPSA) is 104 Å². The molecule has 0 saturated heterocycles. The second-order valence-corrected chi connectivity index (χ2v) is 7.16. The highest BCUT2D eigenvalue weighted by atomic mass is 35.5. The first-order valence-corrected chi connectivity index (χ1v) is 9.52. The molecule has 1 aliphatic rings. The molecule has 2 heterocycles. The molecular weight excluding hydrogens is 406 g/mol. The fourth-order valence-corrected chi connectivity index (χ4v) is 3.75. The molecular formula is C21H20ClN5O3. The summed E-state index contributed by atoms with van der Waals surface area (Å²) in [7, 11) is 3.15. The number of ether oxygens (including phenoxy) is 2. The van der Waals surface area contributed by atoms with E-state index in [1.807, 2.05) is 30.3 Å². The van der Waals surface area contributed by atoms with Crippen LogP contribution in [0.5, 0.6) is 11.5 Å². The monoisotopic (exact) mass is 425 g/mol. The second-order valence-electron chi connectivity index (χ2n) is 6.76. The molecule has 30 heavy (non-hydrogen) atoms. The zero-order valence-electron chi connectivity index (χ0n) is 16.6. The van der Waals surface area contributed by atoms with Gasteiger partial charge in [-0.3, -0.25) is 4.79 Å². The van der Waals surface area contributed by atoms with Gasteiger partial charge in [-0.1, -0.05) is 29.8 Å². The number of anilines is 1. The maximum Gasteiger partial charge on any atom is 0.248 e. The summed E-state index contributed by atoms with van der Waals surface area (Å²) in [5.41, 5.74) is 8.09. The number of allylic oxidation sites excluding steroid dienone is 1. The number of methoxy groups -OCH3 is 2. The molecule has 3 N–H and O–H groups in total. The van der Waals surface area contributed by atoms with Crippen LogP contribution in [-0.2, 0) is 4.79 Å². The number of halogens is 1. The molecule has 154 valence electrons. The number of carbonyl (C=O) groups is 1. The minimum Gasteiger partial charge on any atom is -0.497 e. The first-order valence-electron chi connectivity index (χ1n) is 9.15. The first kappa shape index (κ1) is 19.8. The zero-order chi connectivity index (χ0) is 21.4. The normalized spacial score (nSPS) is 15.4. The Kier molecular flexibility index (Phi) is 5.09. The summed E-state index contributed by atoms with van der Waals surface area (Å²) >= 11 is 6.46. The molecule has 1 unspecified atom stereocenters. The van der Waals surface area contributed by atoms with Crippen molar-refractivity contribution in [1.29, 1.82) is 0 Å². The molecule has 0 bridgehead atoms. The van der Waals surface area contributed by atoms with Crippen molar-refractivity contribution in [1.82, 2.24) is 14.8 Å². The number of nitrogens with one attached hydrogen (secondary N) is 1. The molecule has 0 fully saturated rings. The number of benzene rings is 2. The number of aromatic nitrogens is 3. The maximum atomic E-state index is 12.3. The van der Waals surface area contributed by atoms with Gasteiger partial charge in [0.25, 0.3) is 0 Å². The Balaban J connectivity index is 1.90. The van der Waals surface area contributed by atoms with E-state index in [1.165, 1.54) is 0 Å². The number of nitrogens with two attached hydrogens (primary N) is 1. The van der Waals surface area contributed by atoms with Crippen LogP contribution in [0.25, 0.3) is 11.4 Å². The van der Waals surface area contributed by atoms with Crippen LogP contribution in [0.4, 0.5) is 5.95 Å². The quantitative estimate of drug-likeness (QED) is 0.649. The first-order chi connectivity index (χ1) is 14.4. The van der Waals surface area contributed by atoms with Crippen LogP contribution < -0.4 is 20.5 Å². The van der Waals surface area contributed by atoms with Crippen LogP contribution >= 0.6 is 11.6 Å². The van der Waals surface area contributed by atoms with E-state index in [0.717, 1.165) is 0 Å². The molecule has 0 spiro atoms. The van der Waals surface area contributed by atoms with Crippen LogP contribution in [0.1, 0.15) is 18.5 Å². The second kappa shape index (κ2) is 7.72. The molecule has 1 atom stereocenters. The minimum absolute atomic E-state index is 0.371. The van der Waals surface area contributed by atoms with Crippen molar-refractivity contribution in [2.24, 2.45) is 5.73 Å². The summed E-state index contributed by atoms with van der Waals surface area (Å²) in [5.74, 6) is 1.57. The smallest absolute Gasteiger partial charge is 0.248 e. The zero-order valence-corrected chi connectivity index (χ0v) is 17.4. The molecule has 3 aromatic rings. The van der Waals surface area contributed by atoms with Crippen molar-refractivity contribution >= 4 is 23.5 Å². The van der Waals surface area contributed by atoms with Gasteiger partial charge in [0, 0.05) is 27.9 Å². The maximum absolute atomic E-state index is 12.3. The number of rotatable bonds is 5. The third kappa shape index (κ3) is 3.35. The van der Waals surface area contributed by atoms with Crippen LogP contribution in [0, 0.1) is 0 Å². The highest BCUT2D eigenvalue weighted by molar-refractivity contribution is 6.31. The lowest BCUT2D eigenvalue weighted by Gasteiger charge is -2.28. The number of fused-ring (bicyclic) bond motifs is 1. The summed E-state index contributed by atoms with van der Waals surface area (Å²) in [6.45, 7) is 1.77. The lowest BCUT2D eigenvalue weighted by atomic mass is 9.95. The predicted molar refractivity (Wildman–Crippen MR) is 114 cm³/mol. The van der Waals surface area contributed by atoms with E-state index in [4.69, 9.17) is 26.8 Å². The summed E-state index contributed by atoms with van der Waals surface area (Å²) in [5, 5.41) is 8.29. The average Bonchev–Trinajstić information content (AvgIpc) is 3.16. The van der Waals surface area contributed by atoms with Crippen molar-refractivity contribution in [2.75, 3.05) is 19.5 Å². The van der Waals surface area contributed by atoms with Gasteiger partial charge in [0.05, 0.1) is 19.8 Å². The number of hydrogen-bond donors (Lipinski definition) is 2. The van der Waals surface area contributed by atoms with E-state index in [9.17, 15) is 4.79 Å². The Morgan fingerprint density at radius 3 is 2.43 bits per heavy atom. The Labute approximate surface area is 178 Å². The van der Waals surface area contributed by atoms with Crippen molar-refractivity contribution < 1.29 is 14.3 Å². The van der Waals surface area contributed by atoms with Gasteiger partial charge in [-0.15, -0.1) is 5.10 Å². The summed E-state index contributed by atoms with van der Waals surface area (Å²) < 4.78 is 12.3. The van der Waals surface area contributed by atoms with E-state index < -0.39 is 11.9 Å². The fraction of sp³-hybridized carbons (Fsp3) is 0.190. The largest absolute Gasteiger partial charge is 0.497 e. The van der Waals surface area contributed by atoms with Crippen LogP contribution in [-0.4, -0.2) is 34.9 Å². The van der Waals surface area contributed by atoms with Gasteiger partial charge in [0.1, 0.15) is 17.5 Å². The third-order valence-corrected chi connectivity index (χ3v) is 5.27. The molecule has 0 aliphatic carbocycles. The van der Waals surface area contributed by atoms with Gasteiger partial charge in [0.15, 0.2) is 5.82 Å². The van der Waals surface area contributed by atoms with Gasteiger partial charge >= 0.3 is 0 Å². The number of amides is 1. The average molecular weight is 426 g/mol. The van der Waals surface area contributed by atoms with E-state index in [1.54, 1.807) is 38.0 Å². The van der Waals surface area contributed by atoms with Crippen molar-refractivity contribution in [3.05, 3.63) is 64.3 Å². The molecule has 9 heteroatoms.